The lowest BCUT2D eigenvalue weighted by molar-refractivity contribution is -0.148. The molecule has 0 bridgehead atoms. The summed E-state index contributed by atoms with van der Waals surface area (Å²) in [5.41, 5.74) is 1.03. The molecule has 0 saturated carbocycles. The lowest BCUT2D eigenvalue weighted by Gasteiger charge is -2.25. The number of aliphatic carboxylic acids is 1. The molecule has 1 unspecified atom stereocenters. The van der Waals surface area contributed by atoms with Gasteiger partial charge < -0.3 is 9.84 Å². The van der Waals surface area contributed by atoms with Gasteiger partial charge in [-0.1, -0.05) is 60.1 Å². The van der Waals surface area contributed by atoms with E-state index in [9.17, 15) is 18.3 Å². The van der Waals surface area contributed by atoms with Crippen LogP contribution in [-0.2, 0) is 19.7 Å². The summed E-state index contributed by atoms with van der Waals surface area (Å²) >= 11 is 5.84. The number of anilines is 1. The Hall–Kier alpha value is -3.21. The highest BCUT2D eigenvalue weighted by Crippen LogP contribution is 2.35. The Morgan fingerprint density at radius 2 is 1.77 bits per heavy atom. The number of carboxylic acids is 1. The van der Waals surface area contributed by atoms with Gasteiger partial charge in [-0.15, -0.1) is 4.47 Å². The number of carbonyl (C=O) groups is 1. The summed E-state index contributed by atoms with van der Waals surface area (Å²) in [5.74, 6) is -2.01. The molecule has 0 aliphatic carbocycles. The van der Waals surface area contributed by atoms with E-state index in [2.05, 4.69) is 9.97 Å². The Balaban J connectivity index is 2.22. The van der Waals surface area contributed by atoms with Gasteiger partial charge in [0.15, 0.2) is 11.3 Å². The van der Waals surface area contributed by atoms with Gasteiger partial charge in [0.05, 0.1) is 18.2 Å². The minimum atomic E-state index is -4.48. The fraction of sp³-hybridized carbons (Fsp3) is 0.150. The van der Waals surface area contributed by atoms with Crippen molar-refractivity contribution in [2.75, 3.05) is 11.6 Å². The summed E-state index contributed by atoms with van der Waals surface area (Å²) in [6.45, 7) is 1.18. The molecule has 11 heteroatoms. The van der Waals surface area contributed by atoms with Crippen molar-refractivity contribution in [3.63, 3.8) is 0 Å². The van der Waals surface area contributed by atoms with Crippen molar-refractivity contribution < 1.29 is 27.9 Å². The number of rotatable bonds is 8. The second kappa shape index (κ2) is 9.29. The third kappa shape index (κ3) is 4.76. The van der Waals surface area contributed by atoms with Crippen molar-refractivity contribution in [1.29, 1.82) is 0 Å². The van der Waals surface area contributed by atoms with Crippen LogP contribution < -0.4 is 9.21 Å². The molecule has 0 aliphatic heterocycles. The molecule has 162 valence electrons. The van der Waals surface area contributed by atoms with Gasteiger partial charge in [0.25, 0.3) is 15.9 Å². The third-order valence-electron chi connectivity index (χ3n) is 4.13. The van der Waals surface area contributed by atoms with Gasteiger partial charge in [-0.2, -0.15) is 13.4 Å². The number of methoxy groups -OCH3 is 1. The fourth-order valence-corrected chi connectivity index (χ4v) is 4.27. The molecule has 31 heavy (non-hydrogen) atoms. The lowest BCUT2D eigenvalue weighted by atomic mass is 10.1. The summed E-state index contributed by atoms with van der Waals surface area (Å²) in [4.78, 5) is 24.4. The number of hydrogen-bond donors (Lipinski definition) is 1. The minimum Gasteiger partial charge on any atom is -0.479 e. The molecule has 1 heterocycles. The van der Waals surface area contributed by atoms with Crippen LogP contribution in [0.3, 0.4) is 0 Å². The van der Waals surface area contributed by atoms with Crippen LogP contribution in [0.5, 0.6) is 5.88 Å². The van der Waals surface area contributed by atoms with Crippen molar-refractivity contribution in [3.8, 4) is 17.0 Å². The van der Waals surface area contributed by atoms with Gasteiger partial charge in [-0.25, -0.2) is 14.6 Å². The first-order chi connectivity index (χ1) is 14.8. The summed E-state index contributed by atoms with van der Waals surface area (Å²) in [6.07, 6.45) is -0.430. The standard InChI is InChI=1S/C20H18ClN3O6S/c1-13(20(25)26)30-24(18-19(29-2)23-17(21)12-22-18)31(27,28)16-11-7-6-10-15(16)14-8-4-3-5-9-14/h3-13H,1-2H3,(H,25,26). The average molecular weight is 464 g/mol. The second-order valence-corrected chi connectivity index (χ2v) is 8.31. The highest BCUT2D eigenvalue weighted by molar-refractivity contribution is 7.92. The van der Waals surface area contributed by atoms with E-state index in [1.165, 1.54) is 20.1 Å². The topological polar surface area (TPSA) is 119 Å². The first-order valence-corrected chi connectivity index (χ1v) is 10.7. The van der Waals surface area contributed by atoms with E-state index in [0.29, 0.717) is 15.6 Å². The first-order valence-electron chi connectivity index (χ1n) is 8.91. The zero-order valence-electron chi connectivity index (χ0n) is 16.5. The van der Waals surface area contributed by atoms with Gasteiger partial charge in [0, 0.05) is 5.56 Å². The Morgan fingerprint density at radius 3 is 2.42 bits per heavy atom. The van der Waals surface area contributed by atoms with Gasteiger partial charge in [-0.05, 0) is 18.6 Å². The molecule has 0 saturated heterocycles. The molecule has 3 aromatic rings. The molecule has 0 spiro atoms. The molecule has 0 fully saturated rings. The van der Waals surface area contributed by atoms with Crippen LogP contribution in [-0.4, -0.2) is 42.7 Å². The van der Waals surface area contributed by atoms with E-state index in [0.717, 1.165) is 6.20 Å². The molecule has 0 radical (unpaired) electrons. The van der Waals surface area contributed by atoms with Gasteiger partial charge in [0.2, 0.25) is 5.82 Å². The summed E-state index contributed by atoms with van der Waals surface area (Å²) in [5, 5.41) is 9.24. The maximum atomic E-state index is 13.7. The zero-order valence-corrected chi connectivity index (χ0v) is 18.0. The SMILES string of the molecule is COc1nc(Cl)cnc1N(OC(C)C(=O)O)S(=O)(=O)c1ccccc1-c1ccccc1. The van der Waals surface area contributed by atoms with Crippen molar-refractivity contribution in [2.24, 2.45) is 0 Å². The maximum absolute atomic E-state index is 13.7. The molecular formula is C20H18ClN3O6S. The smallest absolute Gasteiger partial charge is 0.335 e. The Kier molecular flexibility index (Phi) is 6.74. The average Bonchev–Trinajstić information content (AvgIpc) is 2.77. The predicted octanol–water partition coefficient (Wildman–Crippen LogP) is 3.41. The largest absolute Gasteiger partial charge is 0.479 e. The highest BCUT2D eigenvalue weighted by atomic mass is 35.5. The number of carboxylic acid groups (broad SMARTS) is 1. The molecular weight excluding hydrogens is 446 g/mol. The molecule has 9 nitrogen and oxygen atoms in total. The minimum absolute atomic E-state index is 0.0473. The number of sulfonamides is 1. The van der Waals surface area contributed by atoms with Gasteiger partial charge >= 0.3 is 5.97 Å². The van der Waals surface area contributed by atoms with E-state index in [-0.39, 0.29) is 21.7 Å². The van der Waals surface area contributed by atoms with Crippen LogP contribution in [0.4, 0.5) is 5.82 Å². The number of hydrogen-bond acceptors (Lipinski definition) is 7. The quantitative estimate of drug-likeness (QED) is 0.505. The highest BCUT2D eigenvalue weighted by Gasteiger charge is 2.35. The second-order valence-electron chi connectivity index (χ2n) is 6.21. The monoisotopic (exact) mass is 463 g/mol. The van der Waals surface area contributed by atoms with E-state index < -0.39 is 22.1 Å². The fourth-order valence-electron chi connectivity index (χ4n) is 2.65. The van der Waals surface area contributed by atoms with Crippen LogP contribution >= 0.6 is 11.6 Å². The Bertz CT molecular complexity index is 1190. The van der Waals surface area contributed by atoms with E-state index in [4.69, 9.17) is 21.2 Å². The lowest BCUT2D eigenvalue weighted by Crippen LogP contribution is -2.38. The van der Waals surface area contributed by atoms with Crippen LogP contribution in [0.2, 0.25) is 5.15 Å². The van der Waals surface area contributed by atoms with Crippen LogP contribution in [0.1, 0.15) is 6.92 Å². The van der Waals surface area contributed by atoms with E-state index in [1.807, 2.05) is 0 Å². The molecule has 1 atom stereocenters. The number of aromatic nitrogens is 2. The Morgan fingerprint density at radius 1 is 1.13 bits per heavy atom. The van der Waals surface area contributed by atoms with Crippen molar-refractivity contribution in [2.45, 2.75) is 17.9 Å². The molecule has 2 aromatic carbocycles. The molecule has 1 N–H and O–H groups in total. The molecule has 0 aliphatic rings. The van der Waals surface area contributed by atoms with Crippen molar-refractivity contribution in [1.82, 2.24) is 9.97 Å². The number of halogens is 1. The van der Waals surface area contributed by atoms with Gasteiger partial charge in [-0.3, -0.25) is 0 Å². The molecule has 3 rings (SSSR count). The van der Waals surface area contributed by atoms with Crippen LogP contribution in [0, 0.1) is 0 Å². The molecule has 1 aromatic heterocycles. The number of benzene rings is 2. The normalized spacial score (nSPS) is 12.2. The number of ether oxygens (including phenoxy) is 1. The van der Waals surface area contributed by atoms with Gasteiger partial charge in [0.1, 0.15) is 0 Å². The van der Waals surface area contributed by atoms with Crippen LogP contribution in [0.15, 0.2) is 65.7 Å². The van der Waals surface area contributed by atoms with E-state index >= 15 is 0 Å². The maximum Gasteiger partial charge on any atom is 0.335 e. The number of nitrogens with zero attached hydrogens (tertiary/aromatic N) is 3. The van der Waals surface area contributed by atoms with Crippen molar-refractivity contribution >= 4 is 33.4 Å². The summed E-state index contributed by atoms with van der Waals surface area (Å²) < 4.78 is 32.9. The van der Waals surface area contributed by atoms with Crippen LogP contribution in [0.25, 0.3) is 11.1 Å². The third-order valence-corrected chi connectivity index (χ3v) is 5.92. The zero-order chi connectivity index (χ0) is 22.6. The summed E-state index contributed by atoms with van der Waals surface area (Å²) in [6, 6.07) is 15.1. The molecule has 0 amide bonds. The first kappa shape index (κ1) is 22.5. The Labute approximate surface area is 183 Å². The van der Waals surface area contributed by atoms with Crippen molar-refractivity contribution in [3.05, 3.63) is 65.9 Å². The predicted molar refractivity (Wildman–Crippen MR) is 113 cm³/mol. The summed E-state index contributed by atoms with van der Waals surface area (Å²) in [7, 11) is -3.24. The van der Waals surface area contributed by atoms with E-state index in [1.54, 1.807) is 48.5 Å².